The van der Waals surface area contributed by atoms with E-state index in [-0.39, 0.29) is 18.0 Å². The first-order valence-electron chi connectivity index (χ1n) is 3.52. The number of anilines is 1. The summed E-state index contributed by atoms with van der Waals surface area (Å²) in [5.41, 5.74) is 7.06. The zero-order valence-corrected chi connectivity index (χ0v) is 7.76. The number of H-pyrrole nitrogens is 1. The smallest absolute Gasteiger partial charge is 0.272 e. The molecule has 70 valence electrons. The van der Waals surface area contributed by atoms with Gasteiger partial charge in [0.05, 0.1) is 5.69 Å². The van der Waals surface area contributed by atoms with E-state index in [0.29, 0.717) is 17.0 Å². The van der Waals surface area contributed by atoms with Crippen LogP contribution in [0.5, 0.6) is 0 Å². The van der Waals surface area contributed by atoms with Crippen molar-refractivity contribution in [2.75, 3.05) is 5.73 Å². The monoisotopic (exact) mass is 200 g/mol. The van der Waals surface area contributed by atoms with E-state index < -0.39 is 0 Å². The predicted molar refractivity (Wildman–Crippen MR) is 52.2 cm³/mol. The van der Waals surface area contributed by atoms with Gasteiger partial charge in [-0.3, -0.25) is 9.89 Å². The Hall–Kier alpha value is -1.49. The van der Waals surface area contributed by atoms with Crippen molar-refractivity contribution in [2.45, 2.75) is 6.92 Å². The molecule has 0 saturated heterocycles. The molecule has 0 amide bonds. The minimum atomic E-state index is -0.144. The summed E-state index contributed by atoms with van der Waals surface area (Å²) in [6, 6.07) is 1.45. The van der Waals surface area contributed by atoms with Crippen molar-refractivity contribution >= 4 is 23.7 Å². The van der Waals surface area contributed by atoms with Crippen molar-refractivity contribution in [2.24, 2.45) is 0 Å². The number of hydrogen-bond acceptors (Lipinski definition) is 3. The number of fused-ring (bicyclic) bond motifs is 1. The van der Waals surface area contributed by atoms with Crippen molar-refractivity contribution in [3.63, 3.8) is 0 Å². The number of halogens is 1. The molecule has 2 aromatic heterocycles. The molecule has 5 nitrogen and oxygen atoms in total. The molecule has 13 heavy (non-hydrogen) atoms. The van der Waals surface area contributed by atoms with E-state index in [1.54, 1.807) is 13.1 Å². The Morgan fingerprint density at radius 1 is 1.62 bits per heavy atom. The molecule has 3 N–H and O–H groups in total. The van der Waals surface area contributed by atoms with Gasteiger partial charge < -0.3 is 5.73 Å². The van der Waals surface area contributed by atoms with Gasteiger partial charge in [0.2, 0.25) is 0 Å². The third-order valence-electron chi connectivity index (χ3n) is 1.65. The van der Waals surface area contributed by atoms with Gasteiger partial charge in [0.15, 0.2) is 5.65 Å². The van der Waals surface area contributed by atoms with Crippen molar-refractivity contribution < 1.29 is 0 Å². The normalized spacial score (nSPS) is 9.92. The van der Waals surface area contributed by atoms with Crippen LogP contribution in [0, 0.1) is 6.92 Å². The van der Waals surface area contributed by atoms with Gasteiger partial charge in [-0.05, 0) is 6.92 Å². The van der Waals surface area contributed by atoms with Crippen molar-refractivity contribution in [1.29, 1.82) is 0 Å². The van der Waals surface area contributed by atoms with Gasteiger partial charge in [-0.1, -0.05) is 0 Å². The Bertz CT molecular complexity index is 487. The van der Waals surface area contributed by atoms with E-state index in [2.05, 4.69) is 10.1 Å². The molecule has 0 saturated carbocycles. The molecule has 0 bridgehead atoms. The maximum atomic E-state index is 11.2. The lowest BCUT2D eigenvalue weighted by molar-refractivity contribution is 0.890. The molecule has 0 fully saturated rings. The summed E-state index contributed by atoms with van der Waals surface area (Å²) in [5.74, 6) is 0. The summed E-state index contributed by atoms with van der Waals surface area (Å²) in [6.07, 6.45) is 1.54. The van der Waals surface area contributed by atoms with Crippen LogP contribution in [0.3, 0.4) is 0 Å². The van der Waals surface area contributed by atoms with Crippen LogP contribution in [0.25, 0.3) is 5.65 Å². The Labute approximate surface area is 80.0 Å². The summed E-state index contributed by atoms with van der Waals surface area (Å²) in [4.78, 5) is 15.4. The first-order valence-corrected chi connectivity index (χ1v) is 3.52. The molecule has 2 aromatic rings. The van der Waals surface area contributed by atoms with Crippen LogP contribution in [0.15, 0.2) is 17.1 Å². The number of aromatic amines is 1. The topological polar surface area (TPSA) is 76.2 Å². The summed E-state index contributed by atoms with van der Waals surface area (Å²) >= 11 is 0. The number of aromatic nitrogens is 3. The average molecular weight is 201 g/mol. The summed E-state index contributed by atoms with van der Waals surface area (Å²) in [6.45, 7) is 1.76. The van der Waals surface area contributed by atoms with E-state index in [0.717, 1.165) is 0 Å². The maximum Gasteiger partial charge on any atom is 0.272 e. The number of nitrogens with one attached hydrogen (secondary N) is 1. The lowest BCUT2D eigenvalue weighted by Crippen LogP contribution is -2.14. The van der Waals surface area contributed by atoms with Gasteiger partial charge in [0, 0.05) is 18.0 Å². The van der Waals surface area contributed by atoms with E-state index in [1.807, 2.05) is 0 Å². The highest BCUT2D eigenvalue weighted by Gasteiger charge is 2.02. The Morgan fingerprint density at radius 2 is 2.31 bits per heavy atom. The third-order valence-corrected chi connectivity index (χ3v) is 1.65. The fourth-order valence-corrected chi connectivity index (χ4v) is 1.11. The zero-order valence-electron chi connectivity index (χ0n) is 6.94. The van der Waals surface area contributed by atoms with Gasteiger partial charge in [-0.25, -0.2) is 4.98 Å². The van der Waals surface area contributed by atoms with Gasteiger partial charge in [-0.2, -0.15) is 4.52 Å². The molecule has 0 radical (unpaired) electrons. The molecule has 0 unspecified atom stereocenters. The predicted octanol–water partition coefficient (Wildman–Crippen LogP) is 0.335. The van der Waals surface area contributed by atoms with Crippen LogP contribution in [0.4, 0.5) is 5.69 Å². The second-order valence-electron chi connectivity index (χ2n) is 2.62. The standard InChI is InChI=1S/C7H8N4O.ClH/c1-4-2-6(12)11-7(10-4)5(8)3-9-11;/h2-3,9H,8H2,1H3;1H. The van der Waals surface area contributed by atoms with Crippen LogP contribution >= 0.6 is 12.4 Å². The van der Waals surface area contributed by atoms with Crippen molar-refractivity contribution in [3.8, 4) is 0 Å². The number of rotatable bonds is 0. The van der Waals surface area contributed by atoms with E-state index in [1.165, 1.54) is 10.6 Å². The molecule has 0 aliphatic rings. The second-order valence-corrected chi connectivity index (χ2v) is 2.62. The van der Waals surface area contributed by atoms with E-state index >= 15 is 0 Å². The van der Waals surface area contributed by atoms with Crippen molar-refractivity contribution in [3.05, 3.63) is 28.3 Å². The van der Waals surface area contributed by atoms with Crippen LogP contribution in [-0.4, -0.2) is 14.6 Å². The van der Waals surface area contributed by atoms with Gasteiger partial charge in [-0.15, -0.1) is 12.4 Å². The Balaban J connectivity index is 0.000000845. The van der Waals surface area contributed by atoms with Gasteiger partial charge in [0.25, 0.3) is 5.56 Å². The lowest BCUT2D eigenvalue weighted by Gasteiger charge is -1.93. The number of nitrogen functional groups attached to an aromatic ring is 1. The highest BCUT2D eigenvalue weighted by molar-refractivity contribution is 5.85. The molecule has 6 heteroatoms. The lowest BCUT2D eigenvalue weighted by atomic mass is 10.4. The molecule has 0 atom stereocenters. The Morgan fingerprint density at radius 3 is 3.00 bits per heavy atom. The minimum Gasteiger partial charge on any atom is -0.394 e. The number of hydrogen-bond donors (Lipinski definition) is 2. The van der Waals surface area contributed by atoms with E-state index in [4.69, 9.17) is 5.73 Å². The van der Waals surface area contributed by atoms with Crippen molar-refractivity contribution in [1.82, 2.24) is 14.6 Å². The molecular formula is C7H9ClN4O. The summed E-state index contributed by atoms with van der Waals surface area (Å²) in [7, 11) is 0. The SMILES string of the molecule is Cc1cc(=O)n2[nH]cc(N)c2n1.Cl. The minimum absolute atomic E-state index is 0. The second kappa shape index (κ2) is 3.10. The average Bonchev–Trinajstić information content (AvgIpc) is 2.33. The zero-order chi connectivity index (χ0) is 8.72. The summed E-state index contributed by atoms with van der Waals surface area (Å²) in [5, 5.41) is 2.70. The first-order chi connectivity index (χ1) is 5.68. The molecule has 0 aliphatic heterocycles. The molecule has 0 aromatic carbocycles. The maximum absolute atomic E-state index is 11.2. The molecule has 2 heterocycles. The van der Waals surface area contributed by atoms with Gasteiger partial charge in [0.1, 0.15) is 0 Å². The van der Waals surface area contributed by atoms with Crippen LogP contribution in [0.1, 0.15) is 5.69 Å². The highest BCUT2D eigenvalue weighted by atomic mass is 35.5. The van der Waals surface area contributed by atoms with Crippen LogP contribution in [0.2, 0.25) is 0 Å². The molecule has 2 rings (SSSR count). The molecule has 0 aliphatic carbocycles. The fraction of sp³-hybridized carbons (Fsp3) is 0.143. The third kappa shape index (κ3) is 1.38. The van der Waals surface area contributed by atoms with Crippen LogP contribution < -0.4 is 11.3 Å². The Kier molecular flexibility index (Phi) is 2.29. The summed E-state index contributed by atoms with van der Waals surface area (Å²) < 4.78 is 1.31. The quantitative estimate of drug-likeness (QED) is 0.644. The number of nitrogens with zero attached hydrogens (tertiary/aromatic N) is 2. The fourth-order valence-electron chi connectivity index (χ4n) is 1.11. The van der Waals surface area contributed by atoms with Gasteiger partial charge >= 0.3 is 0 Å². The number of nitrogens with two attached hydrogens (primary N) is 1. The first kappa shape index (κ1) is 9.60. The largest absolute Gasteiger partial charge is 0.394 e. The highest BCUT2D eigenvalue weighted by Crippen LogP contribution is 2.06. The van der Waals surface area contributed by atoms with E-state index in [9.17, 15) is 4.79 Å². The molecular weight excluding hydrogens is 192 g/mol. The molecule has 0 spiro atoms. The number of aryl methyl sites for hydroxylation is 1. The van der Waals surface area contributed by atoms with Crippen LogP contribution in [-0.2, 0) is 0 Å².